The molecule has 20 heavy (non-hydrogen) atoms. The van der Waals surface area contributed by atoms with Crippen LogP contribution in [-0.4, -0.2) is 23.4 Å². The molecular weight excluding hydrogens is 257 g/mol. The van der Waals surface area contributed by atoms with Gasteiger partial charge in [-0.15, -0.1) is 0 Å². The Labute approximate surface area is 118 Å². The first-order valence-corrected chi connectivity index (χ1v) is 6.65. The Morgan fingerprint density at radius 1 is 1.40 bits per heavy atom. The van der Waals surface area contributed by atoms with Crippen molar-refractivity contribution in [1.82, 2.24) is 15.1 Å². The molecule has 0 bridgehead atoms. The van der Waals surface area contributed by atoms with Crippen LogP contribution < -0.4 is 10.1 Å². The van der Waals surface area contributed by atoms with Crippen LogP contribution >= 0.6 is 0 Å². The number of aryl methyl sites for hydroxylation is 1. The van der Waals surface area contributed by atoms with Gasteiger partial charge in [-0.05, 0) is 30.7 Å². The molecule has 1 unspecified atom stereocenters. The van der Waals surface area contributed by atoms with Crippen molar-refractivity contribution in [3.05, 3.63) is 47.5 Å². The highest BCUT2D eigenvalue weighted by Gasteiger charge is 2.09. The molecule has 0 saturated carbocycles. The molecule has 1 N–H and O–H groups in total. The van der Waals surface area contributed by atoms with Gasteiger partial charge in [-0.1, -0.05) is 6.07 Å². The largest absolute Gasteiger partial charge is 0.494 e. The second kappa shape index (κ2) is 6.52. The van der Waals surface area contributed by atoms with Crippen LogP contribution in [0, 0.1) is 5.82 Å². The predicted octanol–water partition coefficient (Wildman–Crippen LogP) is 2.46. The number of ether oxygens (including phenoxy) is 1. The van der Waals surface area contributed by atoms with E-state index in [0.717, 1.165) is 18.5 Å². The summed E-state index contributed by atoms with van der Waals surface area (Å²) >= 11 is 0. The maximum atomic E-state index is 13.6. The third-order valence-corrected chi connectivity index (χ3v) is 3.43. The Hall–Kier alpha value is -1.88. The van der Waals surface area contributed by atoms with Gasteiger partial charge in [0.25, 0.3) is 0 Å². The lowest BCUT2D eigenvalue weighted by Gasteiger charge is -2.15. The first-order chi connectivity index (χ1) is 9.61. The number of aromatic nitrogens is 2. The molecule has 1 atom stereocenters. The lowest BCUT2D eigenvalue weighted by molar-refractivity contribution is 0.385. The van der Waals surface area contributed by atoms with Crippen LogP contribution in [0.4, 0.5) is 4.39 Å². The van der Waals surface area contributed by atoms with Crippen LogP contribution in [-0.2, 0) is 13.5 Å². The summed E-state index contributed by atoms with van der Waals surface area (Å²) in [7, 11) is 3.39. The van der Waals surface area contributed by atoms with E-state index in [4.69, 9.17) is 4.74 Å². The summed E-state index contributed by atoms with van der Waals surface area (Å²) in [6.45, 7) is 2.83. The van der Waals surface area contributed by atoms with E-state index < -0.39 is 0 Å². The zero-order valence-corrected chi connectivity index (χ0v) is 12.1. The smallest absolute Gasteiger partial charge is 0.165 e. The highest BCUT2D eigenvalue weighted by Crippen LogP contribution is 2.21. The van der Waals surface area contributed by atoms with Crippen molar-refractivity contribution >= 4 is 0 Å². The minimum atomic E-state index is -0.328. The number of hydrogen-bond donors (Lipinski definition) is 1. The lowest BCUT2D eigenvalue weighted by Crippen LogP contribution is -2.22. The molecule has 1 aromatic carbocycles. The second-order valence-corrected chi connectivity index (χ2v) is 4.77. The number of hydrogen-bond acceptors (Lipinski definition) is 3. The zero-order valence-electron chi connectivity index (χ0n) is 12.1. The van der Waals surface area contributed by atoms with Crippen LogP contribution in [0.15, 0.2) is 30.5 Å². The van der Waals surface area contributed by atoms with Crippen molar-refractivity contribution in [3.63, 3.8) is 0 Å². The molecule has 4 nitrogen and oxygen atoms in total. The Morgan fingerprint density at radius 2 is 2.20 bits per heavy atom. The average Bonchev–Trinajstić information content (AvgIpc) is 2.84. The minimum Gasteiger partial charge on any atom is -0.494 e. The topological polar surface area (TPSA) is 39.1 Å². The summed E-state index contributed by atoms with van der Waals surface area (Å²) in [5, 5.41) is 7.51. The fourth-order valence-electron chi connectivity index (χ4n) is 2.13. The number of nitrogens with one attached hydrogen (secondary N) is 1. The van der Waals surface area contributed by atoms with E-state index in [1.807, 2.05) is 30.8 Å². The molecule has 5 heteroatoms. The summed E-state index contributed by atoms with van der Waals surface area (Å²) in [6.07, 6.45) is 2.68. The van der Waals surface area contributed by atoms with Crippen LogP contribution in [0.3, 0.4) is 0 Å². The highest BCUT2D eigenvalue weighted by atomic mass is 19.1. The van der Waals surface area contributed by atoms with E-state index in [1.54, 1.807) is 12.3 Å². The zero-order chi connectivity index (χ0) is 14.5. The Kier molecular flexibility index (Phi) is 4.74. The SMILES string of the molecule is COc1ccc(C(C)NCCc2ccnn2C)cc1F. The summed E-state index contributed by atoms with van der Waals surface area (Å²) in [6, 6.07) is 7.14. The van der Waals surface area contributed by atoms with Crippen molar-refractivity contribution in [2.24, 2.45) is 7.05 Å². The minimum absolute atomic E-state index is 0.0867. The van der Waals surface area contributed by atoms with Gasteiger partial charge in [-0.3, -0.25) is 4.68 Å². The van der Waals surface area contributed by atoms with Crippen molar-refractivity contribution in [2.45, 2.75) is 19.4 Å². The number of halogens is 1. The van der Waals surface area contributed by atoms with Gasteiger partial charge in [-0.25, -0.2) is 4.39 Å². The van der Waals surface area contributed by atoms with E-state index in [-0.39, 0.29) is 17.6 Å². The van der Waals surface area contributed by atoms with Gasteiger partial charge in [-0.2, -0.15) is 5.10 Å². The molecule has 0 amide bonds. The van der Waals surface area contributed by atoms with Crippen molar-refractivity contribution in [1.29, 1.82) is 0 Å². The molecule has 2 rings (SSSR count). The van der Waals surface area contributed by atoms with Crippen LogP contribution in [0.1, 0.15) is 24.2 Å². The fourth-order valence-corrected chi connectivity index (χ4v) is 2.13. The van der Waals surface area contributed by atoms with Gasteiger partial charge in [0, 0.05) is 37.9 Å². The Morgan fingerprint density at radius 3 is 2.80 bits per heavy atom. The van der Waals surface area contributed by atoms with Crippen molar-refractivity contribution in [3.8, 4) is 5.75 Å². The molecule has 0 spiro atoms. The summed E-state index contributed by atoms with van der Waals surface area (Å²) in [4.78, 5) is 0. The molecule has 0 radical (unpaired) electrons. The monoisotopic (exact) mass is 277 g/mol. The molecule has 0 aliphatic heterocycles. The summed E-state index contributed by atoms with van der Waals surface area (Å²) < 4.78 is 20.4. The molecule has 1 heterocycles. The molecular formula is C15H20FN3O. The molecule has 0 aliphatic carbocycles. The number of benzene rings is 1. The molecule has 2 aromatic rings. The quantitative estimate of drug-likeness (QED) is 0.881. The van der Waals surface area contributed by atoms with E-state index in [1.165, 1.54) is 18.9 Å². The Bertz CT molecular complexity index is 568. The third-order valence-electron chi connectivity index (χ3n) is 3.43. The fraction of sp³-hybridized carbons (Fsp3) is 0.400. The van der Waals surface area contributed by atoms with Gasteiger partial charge in [0.2, 0.25) is 0 Å². The second-order valence-electron chi connectivity index (χ2n) is 4.77. The van der Waals surface area contributed by atoms with Gasteiger partial charge < -0.3 is 10.1 Å². The number of methoxy groups -OCH3 is 1. The van der Waals surface area contributed by atoms with Crippen LogP contribution in [0.2, 0.25) is 0 Å². The molecule has 1 aromatic heterocycles. The molecule has 0 aliphatic rings. The van der Waals surface area contributed by atoms with E-state index in [0.29, 0.717) is 0 Å². The first-order valence-electron chi connectivity index (χ1n) is 6.65. The van der Waals surface area contributed by atoms with Gasteiger partial charge in [0.05, 0.1) is 7.11 Å². The van der Waals surface area contributed by atoms with Gasteiger partial charge in [0.1, 0.15) is 0 Å². The predicted molar refractivity (Wildman–Crippen MR) is 76.3 cm³/mol. The number of nitrogens with zero attached hydrogens (tertiary/aromatic N) is 2. The van der Waals surface area contributed by atoms with Crippen LogP contribution in [0.25, 0.3) is 0 Å². The van der Waals surface area contributed by atoms with Crippen LogP contribution in [0.5, 0.6) is 5.75 Å². The van der Waals surface area contributed by atoms with Gasteiger partial charge in [0.15, 0.2) is 11.6 Å². The lowest BCUT2D eigenvalue weighted by atomic mass is 10.1. The van der Waals surface area contributed by atoms with Gasteiger partial charge >= 0.3 is 0 Å². The van der Waals surface area contributed by atoms with E-state index >= 15 is 0 Å². The standard InChI is InChI=1S/C15H20FN3O/c1-11(12-4-5-15(20-3)14(16)10-12)17-8-6-13-7-9-18-19(13)2/h4-5,7,9-11,17H,6,8H2,1-3H3. The average molecular weight is 277 g/mol. The van der Waals surface area contributed by atoms with Crippen molar-refractivity contribution in [2.75, 3.05) is 13.7 Å². The maximum absolute atomic E-state index is 13.6. The summed E-state index contributed by atoms with van der Waals surface area (Å²) in [5.74, 6) is -0.0545. The molecule has 108 valence electrons. The van der Waals surface area contributed by atoms with E-state index in [2.05, 4.69) is 10.4 Å². The maximum Gasteiger partial charge on any atom is 0.165 e. The molecule has 0 fully saturated rings. The normalized spacial score (nSPS) is 12.4. The Balaban J connectivity index is 1.90. The molecule has 0 saturated heterocycles. The first kappa shape index (κ1) is 14.5. The third kappa shape index (κ3) is 3.36. The van der Waals surface area contributed by atoms with Crippen molar-refractivity contribution < 1.29 is 9.13 Å². The highest BCUT2D eigenvalue weighted by molar-refractivity contribution is 5.30. The summed E-state index contributed by atoms with van der Waals surface area (Å²) in [5.41, 5.74) is 2.08. The van der Waals surface area contributed by atoms with E-state index in [9.17, 15) is 4.39 Å². The number of rotatable bonds is 6.